The van der Waals surface area contributed by atoms with E-state index in [1.165, 1.54) is 18.2 Å². The number of rotatable bonds is 5. The highest BCUT2D eigenvalue weighted by Gasteiger charge is 2.30. The van der Waals surface area contributed by atoms with Gasteiger partial charge in [0.25, 0.3) is 11.2 Å². The van der Waals surface area contributed by atoms with Gasteiger partial charge in [0.15, 0.2) is 0 Å². The summed E-state index contributed by atoms with van der Waals surface area (Å²) >= 11 is 0. The van der Waals surface area contributed by atoms with Crippen molar-refractivity contribution in [2.45, 2.75) is 19.3 Å². The quantitative estimate of drug-likeness (QED) is 0.642. The molecule has 1 heterocycles. The van der Waals surface area contributed by atoms with Crippen molar-refractivity contribution in [3.05, 3.63) is 61.6 Å². The minimum absolute atomic E-state index is 0.0894. The van der Waals surface area contributed by atoms with Gasteiger partial charge in [0.05, 0.1) is 29.4 Å². The van der Waals surface area contributed by atoms with Crippen LogP contribution in [-0.4, -0.2) is 15.1 Å². The lowest BCUT2D eigenvalue weighted by Crippen LogP contribution is -2.20. The second-order valence-corrected chi connectivity index (χ2v) is 5.05. The fourth-order valence-electron chi connectivity index (χ4n) is 2.60. The smallest absolute Gasteiger partial charge is 0.269 e. The topological polar surface area (TPSA) is 139 Å². The summed E-state index contributed by atoms with van der Waals surface area (Å²) in [6.45, 7) is 1.67. The molecule has 0 radical (unpaired) electrons. The number of aryl methyl sites for hydroxylation is 1. The number of H-pyrrole nitrogens is 2. The van der Waals surface area contributed by atoms with Gasteiger partial charge >= 0.3 is 0 Å². The van der Waals surface area contributed by atoms with Crippen molar-refractivity contribution in [3.63, 3.8) is 0 Å². The molecule has 0 aliphatic rings. The van der Waals surface area contributed by atoms with E-state index in [0.717, 1.165) is 0 Å². The fraction of sp³-hybridized carbons (Fsp3) is 0.267. The Labute approximate surface area is 131 Å². The zero-order chi connectivity index (χ0) is 17.0. The molecule has 23 heavy (non-hydrogen) atoms. The van der Waals surface area contributed by atoms with Crippen LogP contribution in [0.5, 0.6) is 0 Å². The molecule has 116 valence electrons. The molecule has 0 spiro atoms. The first kappa shape index (κ1) is 16.0. The van der Waals surface area contributed by atoms with E-state index >= 15 is 0 Å². The number of benzene rings is 1. The number of hydrogen-bond acceptors (Lipinski definition) is 5. The summed E-state index contributed by atoms with van der Waals surface area (Å²) in [6.07, 6.45) is -0.0894. The number of nitro benzene ring substituents is 1. The minimum atomic E-state index is -0.794. The van der Waals surface area contributed by atoms with Gasteiger partial charge in [-0.15, -0.1) is 0 Å². The van der Waals surface area contributed by atoms with Gasteiger partial charge in [-0.2, -0.15) is 10.5 Å². The summed E-state index contributed by atoms with van der Waals surface area (Å²) < 4.78 is 0. The van der Waals surface area contributed by atoms with Crippen molar-refractivity contribution in [2.75, 3.05) is 0 Å². The zero-order valence-corrected chi connectivity index (χ0v) is 12.2. The Bertz CT molecular complexity index is 868. The second-order valence-electron chi connectivity index (χ2n) is 5.05. The predicted octanol–water partition coefficient (Wildman–Crippen LogP) is 2.10. The molecule has 8 nitrogen and oxygen atoms in total. The van der Waals surface area contributed by atoms with Crippen LogP contribution in [-0.2, 0) is 0 Å². The first-order valence-electron chi connectivity index (χ1n) is 6.77. The van der Waals surface area contributed by atoms with Crippen molar-refractivity contribution >= 4 is 5.69 Å². The number of nitrogens with one attached hydrogen (secondary N) is 2. The number of hydrogen-bond donors (Lipinski definition) is 2. The molecular formula is C15H13N5O3. The average molecular weight is 311 g/mol. The Kier molecular flexibility index (Phi) is 4.58. The van der Waals surface area contributed by atoms with Crippen LogP contribution in [0.25, 0.3) is 0 Å². The molecule has 0 aliphatic heterocycles. The van der Waals surface area contributed by atoms with Crippen LogP contribution >= 0.6 is 0 Å². The Morgan fingerprint density at radius 1 is 1.35 bits per heavy atom. The highest BCUT2D eigenvalue weighted by atomic mass is 16.6. The first-order chi connectivity index (χ1) is 11.0. The molecular weight excluding hydrogens is 298 g/mol. The van der Waals surface area contributed by atoms with E-state index in [9.17, 15) is 20.2 Å². The molecule has 2 aromatic rings. The number of aromatic nitrogens is 2. The molecule has 2 rings (SSSR count). The summed E-state index contributed by atoms with van der Waals surface area (Å²) in [5.74, 6) is -1.52. The SMILES string of the molecule is Cc1[nH][nH]c(=O)c1[C@H](c1cccc([N+](=O)[O-])c1)[C@@H](C#N)CC#N. The minimum Gasteiger partial charge on any atom is -0.302 e. The average Bonchev–Trinajstić information content (AvgIpc) is 2.87. The Balaban J connectivity index is 2.66. The summed E-state index contributed by atoms with van der Waals surface area (Å²) in [5, 5.41) is 34.4. The van der Waals surface area contributed by atoms with E-state index in [2.05, 4.69) is 10.2 Å². The van der Waals surface area contributed by atoms with E-state index in [1.54, 1.807) is 13.0 Å². The van der Waals surface area contributed by atoms with E-state index in [4.69, 9.17) is 5.26 Å². The lowest BCUT2D eigenvalue weighted by Gasteiger charge is -2.19. The standard InChI is InChI=1S/C15H13N5O3/c1-9-13(15(21)19-18-9)14(11(8-17)5-6-16)10-3-2-4-12(7-10)20(22)23/h2-4,7,11,14H,5H2,1H3,(H2,18,19,21)/t11-,14-/m1/s1. The third-order valence-corrected chi connectivity index (χ3v) is 3.64. The molecule has 1 aromatic carbocycles. The predicted molar refractivity (Wildman–Crippen MR) is 80.4 cm³/mol. The van der Waals surface area contributed by atoms with Gasteiger partial charge in [-0.25, -0.2) is 0 Å². The molecule has 2 N–H and O–H groups in total. The normalized spacial score (nSPS) is 12.8. The van der Waals surface area contributed by atoms with E-state index in [0.29, 0.717) is 16.8 Å². The second kappa shape index (κ2) is 6.58. The lowest BCUT2D eigenvalue weighted by atomic mass is 9.80. The van der Waals surface area contributed by atoms with Crippen molar-refractivity contribution < 1.29 is 4.92 Å². The van der Waals surface area contributed by atoms with Crippen LogP contribution in [0.4, 0.5) is 5.69 Å². The van der Waals surface area contributed by atoms with Crippen LogP contribution < -0.4 is 5.56 Å². The number of nitriles is 2. The van der Waals surface area contributed by atoms with Gasteiger partial charge in [-0.05, 0) is 12.5 Å². The first-order valence-corrected chi connectivity index (χ1v) is 6.77. The Morgan fingerprint density at radius 3 is 2.61 bits per heavy atom. The largest absolute Gasteiger partial charge is 0.302 e. The number of non-ortho nitro benzene ring substituents is 1. The fourth-order valence-corrected chi connectivity index (χ4v) is 2.60. The van der Waals surface area contributed by atoms with Gasteiger partial charge in [-0.1, -0.05) is 12.1 Å². The van der Waals surface area contributed by atoms with E-state index in [1.807, 2.05) is 12.1 Å². The number of nitro groups is 1. The van der Waals surface area contributed by atoms with E-state index in [-0.39, 0.29) is 12.1 Å². The molecule has 8 heteroatoms. The van der Waals surface area contributed by atoms with Crippen LogP contribution in [0.15, 0.2) is 29.1 Å². The molecule has 0 aliphatic carbocycles. The third kappa shape index (κ3) is 3.11. The number of aromatic amines is 2. The highest BCUT2D eigenvalue weighted by molar-refractivity contribution is 5.42. The molecule has 0 saturated carbocycles. The maximum absolute atomic E-state index is 12.1. The molecule has 0 fully saturated rings. The number of nitrogens with zero attached hydrogens (tertiary/aromatic N) is 3. The van der Waals surface area contributed by atoms with Crippen molar-refractivity contribution in [3.8, 4) is 12.1 Å². The van der Waals surface area contributed by atoms with Gasteiger partial charge in [0, 0.05) is 29.3 Å². The van der Waals surface area contributed by atoms with Crippen molar-refractivity contribution in [1.82, 2.24) is 10.2 Å². The zero-order valence-electron chi connectivity index (χ0n) is 12.2. The lowest BCUT2D eigenvalue weighted by molar-refractivity contribution is -0.384. The van der Waals surface area contributed by atoms with Crippen LogP contribution in [0, 0.1) is 45.6 Å². The maximum Gasteiger partial charge on any atom is 0.269 e. The summed E-state index contributed by atoms with van der Waals surface area (Å²) in [7, 11) is 0. The highest BCUT2D eigenvalue weighted by Crippen LogP contribution is 2.34. The molecule has 0 saturated heterocycles. The maximum atomic E-state index is 12.1. The molecule has 1 aromatic heterocycles. The third-order valence-electron chi connectivity index (χ3n) is 3.64. The van der Waals surface area contributed by atoms with Crippen LogP contribution in [0.1, 0.15) is 29.2 Å². The van der Waals surface area contributed by atoms with Gasteiger partial charge in [0.2, 0.25) is 0 Å². The monoisotopic (exact) mass is 311 g/mol. The summed E-state index contributed by atoms with van der Waals surface area (Å²) in [6, 6.07) is 9.74. The van der Waals surface area contributed by atoms with Gasteiger partial charge < -0.3 is 5.10 Å². The summed E-state index contributed by atoms with van der Waals surface area (Å²) in [4.78, 5) is 22.5. The van der Waals surface area contributed by atoms with Crippen LogP contribution in [0.2, 0.25) is 0 Å². The van der Waals surface area contributed by atoms with Crippen molar-refractivity contribution in [1.29, 1.82) is 10.5 Å². The van der Waals surface area contributed by atoms with Gasteiger partial charge in [0.1, 0.15) is 0 Å². The van der Waals surface area contributed by atoms with Gasteiger partial charge in [-0.3, -0.25) is 20.0 Å². The summed E-state index contributed by atoms with van der Waals surface area (Å²) in [5.41, 5.74) is 0.758. The molecule has 0 amide bonds. The molecule has 2 atom stereocenters. The Morgan fingerprint density at radius 2 is 2.09 bits per heavy atom. The Hall–Kier alpha value is -3.39. The molecule has 0 bridgehead atoms. The van der Waals surface area contributed by atoms with Crippen molar-refractivity contribution in [2.24, 2.45) is 5.92 Å². The van der Waals surface area contributed by atoms with E-state index < -0.39 is 22.3 Å². The van der Waals surface area contributed by atoms with Crippen LogP contribution in [0.3, 0.4) is 0 Å². The molecule has 0 unspecified atom stereocenters.